The molecule has 0 radical (unpaired) electrons. The fourth-order valence-electron chi connectivity index (χ4n) is 1.40. The number of nitrogens with zero attached hydrogens (tertiary/aromatic N) is 2. The van der Waals surface area contributed by atoms with Crippen molar-refractivity contribution in [2.75, 3.05) is 18.5 Å². The molecule has 5 nitrogen and oxygen atoms in total. The zero-order valence-corrected chi connectivity index (χ0v) is 10.9. The Bertz CT molecular complexity index is 420. The first-order valence-corrected chi connectivity index (χ1v) is 6.00. The minimum atomic E-state index is -0.305. The summed E-state index contributed by atoms with van der Waals surface area (Å²) in [6.07, 6.45) is 3.38. The number of anilines is 1. The standard InChI is InChI=1S/C11H18ClN3O2/c1-8(7-16)4-3-5-13-9-6-14-15(2)11(17)10(9)12/h6,8,13,16H,3-5,7H2,1-2H3. The number of aliphatic hydroxyl groups excluding tert-OH is 1. The summed E-state index contributed by atoms with van der Waals surface area (Å²) in [5.41, 5.74) is 0.256. The monoisotopic (exact) mass is 259 g/mol. The number of hydrogen-bond donors (Lipinski definition) is 2. The van der Waals surface area contributed by atoms with Crippen molar-refractivity contribution in [3.05, 3.63) is 21.6 Å². The Morgan fingerprint density at radius 2 is 2.35 bits per heavy atom. The number of nitrogens with one attached hydrogen (secondary N) is 1. The molecule has 0 aliphatic heterocycles. The van der Waals surface area contributed by atoms with Gasteiger partial charge in [0.25, 0.3) is 5.56 Å². The van der Waals surface area contributed by atoms with Crippen LogP contribution in [0.15, 0.2) is 11.0 Å². The minimum absolute atomic E-state index is 0.165. The SMILES string of the molecule is CC(CO)CCCNc1cnn(C)c(=O)c1Cl. The summed E-state index contributed by atoms with van der Waals surface area (Å²) in [5.74, 6) is 0.300. The van der Waals surface area contributed by atoms with Gasteiger partial charge >= 0.3 is 0 Å². The van der Waals surface area contributed by atoms with Gasteiger partial charge in [-0.2, -0.15) is 5.10 Å². The Morgan fingerprint density at radius 3 is 3.00 bits per heavy atom. The van der Waals surface area contributed by atoms with E-state index in [9.17, 15) is 4.79 Å². The molecule has 0 aromatic carbocycles. The van der Waals surface area contributed by atoms with Crippen LogP contribution in [0.4, 0.5) is 5.69 Å². The van der Waals surface area contributed by atoms with Crippen molar-refractivity contribution in [3.63, 3.8) is 0 Å². The van der Waals surface area contributed by atoms with Gasteiger partial charge in [-0.15, -0.1) is 0 Å². The summed E-state index contributed by atoms with van der Waals surface area (Å²) in [5, 5.41) is 16.0. The van der Waals surface area contributed by atoms with E-state index in [-0.39, 0.29) is 17.2 Å². The third-order valence-electron chi connectivity index (χ3n) is 2.58. The van der Waals surface area contributed by atoms with Crippen LogP contribution in [0.25, 0.3) is 0 Å². The lowest BCUT2D eigenvalue weighted by molar-refractivity contribution is 0.229. The quantitative estimate of drug-likeness (QED) is 0.755. The molecule has 0 fully saturated rings. The molecule has 1 atom stereocenters. The van der Waals surface area contributed by atoms with Crippen LogP contribution in [0.2, 0.25) is 5.02 Å². The average molecular weight is 260 g/mol. The lowest BCUT2D eigenvalue weighted by atomic mass is 10.1. The summed E-state index contributed by atoms with van der Waals surface area (Å²) in [6, 6.07) is 0. The molecule has 0 bridgehead atoms. The molecule has 0 aliphatic carbocycles. The van der Waals surface area contributed by atoms with Crippen molar-refractivity contribution in [2.45, 2.75) is 19.8 Å². The van der Waals surface area contributed by atoms with Crippen molar-refractivity contribution in [3.8, 4) is 0 Å². The average Bonchev–Trinajstić information content (AvgIpc) is 2.33. The van der Waals surface area contributed by atoms with Crippen molar-refractivity contribution >= 4 is 17.3 Å². The number of aryl methyl sites for hydroxylation is 1. The van der Waals surface area contributed by atoms with Gasteiger partial charge in [-0.05, 0) is 18.8 Å². The summed E-state index contributed by atoms with van der Waals surface area (Å²) in [7, 11) is 1.56. The Hall–Kier alpha value is -1.07. The maximum Gasteiger partial charge on any atom is 0.287 e. The van der Waals surface area contributed by atoms with Crippen molar-refractivity contribution in [1.82, 2.24) is 9.78 Å². The lowest BCUT2D eigenvalue weighted by Gasteiger charge is -2.10. The van der Waals surface area contributed by atoms with Gasteiger partial charge in [0.2, 0.25) is 0 Å². The zero-order chi connectivity index (χ0) is 12.8. The smallest absolute Gasteiger partial charge is 0.287 e. The number of aromatic nitrogens is 2. The molecule has 1 aromatic rings. The molecule has 0 aliphatic rings. The lowest BCUT2D eigenvalue weighted by Crippen LogP contribution is -2.21. The van der Waals surface area contributed by atoms with E-state index >= 15 is 0 Å². The molecule has 17 heavy (non-hydrogen) atoms. The normalized spacial score (nSPS) is 12.5. The maximum absolute atomic E-state index is 11.5. The van der Waals surface area contributed by atoms with Crippen LogP contribution < -0.4 is 10.9 Å². The molecule has 2 N–H and O–H groups in total. The van der Waals surface area contributed by atoms with Gasteiger partial charge in [0.15, 0.2) is 0 Å². The molecular weight excluding hydrogens is 242 g/mol. The van der Waals surface area contributed by atoms with E-state index in [2.05, 4.69) is 10.4 Å². The Morgan fingerprint density at radius 1 is 1.65 bits per heavy atom. The fourth-order valence-corrected chi connectivity index (χ4v) is 1.64. The molecule has 0 saturated carbocycles. The van der Waals surface area contributed by atoms with Gasteiger partial charge in [0.1, 0.15) is 5.02 Å². The van der Waals surface area contributed by atoms with E-state index in [0.29, 0.717) is 18.2 Å². The van der Waals surface area contributed by atoms with E-state index in [1.807, 2.05) is 6.92 Å². The Labute approximate surface area is 105 Å². The number of hydrogen-bond acceptors (Lipinski definition) is 4. The third kappa shape index (κ3) is 4.02. The molecule has 0 spiro atoms. The maximum atomic E-state index is 11.5. The Kier molecular flexibility index (Phi) is 5.44. The molecular formula is C11H18ClN3O2. The highest BCUT2D eigenvalue weighted by Gasteiger charge is 2.06. The molecule has 1 unspecified atom stereocenters. The molecule has 0 amide bonds. The molecule has 1 heterocycles. The minimum Gasteiger partial charge on any atom is -0.396 e. The van der Waals surface area contributed by atoms with Crippen LogP contribution in [0.5, 0.6) is 0 Å². The van der Waals surface area contributed by atoms with Gasteiger partial charge in [-0.25, -0.2) is 4.68 Å². The highest BCUT2D eigenvalue weighted by Crippen LogP contribution is 2.15. The van der Waals surface area contributed by atoms with Crippen LogP contribution in [0.3, 0.4) is 0 Å². The van der Waals surface area contributed by atoms with E-state index < -0.39 is 0 Å². The summed E-state index contributed by atoms with van der Waals surface area (Å²) >= 11 is 5.89. The molecule has 0 saturated heterocycles. The molecule has 1 aromatic heterocycles. The molecule has 6 heteroatoms. The second-order valence-electron chi connectivity index (χ2n) is 4.16. The first-order chi connectivity index (χ1) is 8.06. The largest absolute Gasteiger partial charge is 0.396 e. The van der Waals surface area contributed by atoms with Crippen LogP contribution in [0.1, 0.15) is 19.8 Å². The second-order valence-corrected chi connectivity index (χ2v) is 4.54. The van der Waals surface area contributed by atoms with Gasteiger partial charge in [-0.3, -0.25) is 4.79 Å². The predicted molar refractivity (Wildman–Crippen MR) is 68.5 cm³/mol. The van der Waals surface area contributed by atoms with E-state index in [4.69, 9.17) is 16.7 Å². The topological polar surface area (TPSA) is 67.2 Å². The highest BCUT2D eigenvalue weighted by atomic mass is 35.5. The van der Waals surface area contributed by atoms with Gasteiger partial charge in [-0.1, -0.05) is 18.5 Å². The Balaban J connectivity index is 2.48. The predicted octanol–water partition coefficient (Wildman–Crippen LogP) is 1.25. The molecule has 1 rings (SSSR count). The van der Waals surface area contributed by atoms with Crippen molar-refractivity contribution in [2.24, 2.45) is 13.0 Å². The summed E-state index contributed by atoms with van der Waals surface area (Å²) in [6.45, 7) is 2.90. The van der Waals surface area contributed by atoms with E-state index in [0.717, 1.165) is 12.8 Å². The van der Waals surface area contributed by atoms with E-state index in [1.165, 1.54) is 4.68 Å². The second kappa shape index (κ2) is 6.61. The third-order valence-corrected chi connectivity index (χ3v) is 2.94. The summed E-state index contributed by atoms with van der Waals surface area (Å²) in [4.78, 5) is 11.5. The number of aliphatic hydroxyl groups is 1. The fraction of sp³-hybridized carbons (Fsp3) is 0.636. The first-order valence-electron chi connectivity index (χ1n) is 5.62. The van der Waals surface area contributed by atoms with Crippen LogP contribution >= 0.6 is 11.6 Å². The van der Waals surface area contributed by atoms with Crippen molar-refractivity contribution in [1.29, 1.82) is 0 Å². The van der Waals surface area contributed by atoms with Gasteiger partial charge < -0.3 is 10.4 Å². The zero-order valence-electron chi connectivity index (χ0n) is 10.1. The van der Waals surface area contributed by atoms with Crippen LogP contribution in [-0.4, -0.2) is 28.0 Å². The van der Waals surface area contributed by atoms with Crippen LogP contribution in [-0.2, 0) is 7.05 Å². The molecule has 96 valence electrons. The number of halogens is 1. The van der Waals surface area contributed by atoms with E-state index in [1.54, 1.807) is 13.2 Å². The first kappa shape index (κ1) is 14.0. The van der Waals surface area contributed by atoms with Crippen molar-refractivity contribution < 1.29 is 5.11 Å². The van der Waals surface area contributed by atoms with Gasteiger partial charge in [0, 0.05) is 20.2 Å². The highest BCUT2D eigenvalue weighted by molar-refractivity contribution is 6.32. The van der Waals surface area contributed by atoms with Gasteiger partial charge in [0.05, 0.1) is 11.9 Å². The number of rotatable bonds is 6. The summed E-state index contributed by atoms with van der Waals surface area (Å²) < 4.78 is 1.20. The van der Waals surface area contributed by atoms with Crippen LogP contribution in [0, 0.1) is 5.92 Å².